The number of halogens is 1. The normalized spacial score (nSPS) is 7.29. The first-order chi connectivity index (χ1) is 2.81. The lowest BCUT2D eigenvalue weighted by Crippen LogP contribution is -1.95. The van der Waals surface area contributed by atoms with E-state index in [0.717, 1.165) is 0 Å². The van der Waals surface area contributed by atoms with Crippen LogP contribution in [-0.4, -0.2) is 13.0 Å². The van der Waals surface area contributed by atoms with Gasteiger partial charge in [-0.25, -0.2) is 0 Å². The molecule has 0 aromatic rings. The van der Waals surface area contributed by atoms with Crippen molar-refractivity contribution in [2.75, 3.05) is 0 Å². The quantitative estimate of drug-likeness (QED) is 0.458. The van der Waals surface area contributed by atoms with Crippen molar-refractivity contribution >= 4 is 36.4 Å². The molecule has 0 nitrogen and oxygen atoms in total. The SMILES string of the molecule is C[CH2][Al]([SH])[CH2]C.Cl. The van der Waals surface area contributed by atoms with E-state index in [9.17, 15) is 0 Å². The Hall–Kier alpha value is 1.17. The van der Waals surface area contributed by atoms with Crippen LogP contribution >= 0.6 is 23.4 Å². The largest absolute Gasteiger partial charge is 0.343 e. The van der Waals surface area contributed by atoms with Gasteiger partial charge in [-0.05, 0) is 0 Å². The van der Waals surface area contributed by atoms with Crippen LogP contribution in [0.15, 0.2) is 0 Å². The van der Waals surface area contributed by atoms with E-state index in [2.05, 4.69) is 24.8 Å². The molecule has 0 saturated carbocycles. The highest BCUT2D eigenvalue weighted by molar-refractivity contribution is 8.10. The van der Waals surface area contributed by atoms with Gasteiger partial charge in [0, 0.05) is 0 Å². The lowest BCUT2D eigenvalue weighted by atomic mass is 10.9. The van der Waals surface area contributed by atoms with E-state index in [0.29, 0.717) is 0 Å². The molecule has 0 aromatic carbocycles. The number of hydrogen-bond acceptors (Lipinski definition) is 1. The second-order valence-corrected chi connectivity index (χ2v) is 6.60. The molecule has 3 heteroatoms. The zero-order chi connectivity index (χ0) is 4.99. The van der Waals surface area contributed by atoms with Gasteiger partial charge in [0.25, 0.3) is 0 Å². The van der Waals surface area contributed by atoms with Gasteiger partial charge in [0.2, 0.25) is 0 Å². The molecule has 0 spiro atoms. The Balaban J connectivity index is 0. The minimum atomic E-state index is -0.466. The van der Waals surface area contributed by atoms with Gasteiger partial charge >= 0.3 is 13.0 Å². The molecule has 0 fully saturated rings. The Kier molecular flexibility index (Phi) is 11.3. The van der Waals surface area contributed by atoms with Gasteiger partial charge in [-0.3, -0.25) is 11.0 Å². The summed E-state index contributed by atoms with van der Waals surface area (Å²) in [6.07, 6.45) is 0. The summed E-state index contributed by atoms with van der Waals surface area (Å²) in [5.74, 6) is 0. The van der Waals surface area contributed by atoms with Gasteiger partial charge in [-0.15, -0.1) is 12.4 Å². The minimum absolute atomic E-state index is 0. The van der Waals surface area contributed by atoms with Crippen molar-refractivity contribution in [3.8, 4) is 0 Å². The average Bonchev–Trinajstić information content (AvgIpc) is 1.65. The summed E-state index contributed by atoms with van der Waals surface area (Å²) >= 11 is -0.466. The van der Waals surface area contributed by atoms with Crippen molar-refractivity contribution in [3.63, 3.8) is 0 Å². The number of thiol groups is 1. The summed E-state index contributed by atoms with van der Waals surface area (Å²) in [7, 11) is 4.37. The van der Waals surface area contributed by atoms with Crippen LogP contribution < -0.4 is 0 Å². The first kappa shape index (κ1) is 11.0. The summed E-state index contributed by atoms with van der Waals surface area (Å²) in [5, 5.41) is 2.67. The zero-order valence-electron chi connectivity index (χ0n) is 4.85. The molecule has 0 unspecified atom stereocenters. The van der Waals surface area contributed by atoms with Crippen molar-refractivity contribution in [3.05, 3.63) is 0 Å². The lowest BCUT2D eigenvalue weighted by Gasteiger charge is -1.88. The van der Waals surface area contributed by atoms with Gasteiger partial charge in [0.05, 0.1) is 0 Å². The van der Waals surface area contributed by atoms with Gasteiger partial charge in [0.15, 0.2) is 0 Å². The zero-order valence-corrected chi connectivity index (χ0v) is 7.71. The van der Waals surface area contributed by atoms with E-state index < -0.39 is 13.0 Å². The monoisotopic (exact) mass is 154 g/mol. The molecule has 0 aliphatic carbocycles. The van der Waals surface area contributed by atoms with Crippen LogP contribution in [0.3, 0.4) is 0 Å². The number of rotatable bonds is 2. The molecule has 0 atom stereocenters. The highest BCUT2D eigenvalue weighted by atomic mass is 35.5. The van der Waals surface area contributed by atoms with Crippen LogP contribution in [0.4, 0.5) is 0 Å². The molecule has 0 N–H and O–H groups in total. The topological polar surface area (TPSA) is 0 Å². The first-order valence-corrected chi connectivity index (χ1v) is 6.19. The molecule has 0 bridgehead atoms. The van der Waals surface area contributed by atoms with Crippen LogP contribution in [0.5, 0.6) is 0 Å². The maximum Gasteiger partial charge on any atom is 0.343 e. The van der Waals surface area contributed by atoms with Crippen molar-refractivity contribution < 1.29 is 0 Å². The molecule has 0 aliphatic rings. The molecule has 0 heterocycles. The second kappa shape index (κ2) is 7.17. The highest BCUT2D eigenvalue weighted by Crippen LogP contribution is 1.99. The Morgan fingerprint density at radius 1 is 1.29 bits per heavy atom. The molecule has 44 valence electrons. The molecule has 0 aromatic heterocycles. The average molecular weight is 155 g/mol. The molecular weight excluding hydrogens is 143 g/mol. The van der Waals surface area contributed by atoms with Gasteiger partial charge in [0.1, 0.15) is 0 Å². The lowest BCUT2D eigenvalue weighted by molar-refractivity contribution is 1.35. The van der Waals surface area contributed by atoms with Crippen molar-refractivity contribution in [2.24, 2.45) is 0 Å². The first-order valence-electron chi connectivity index (χ1n) is 2.49. The van der Waals surface area contributed by atoms with Crippen molar-refractivity contribution in [1.29, 1.82) is 0 Å². The number of hydrogen-bond donors (Lipinski definition) is 1. The molecule has 0 amide bonds. The van der Waals surface area contributed by atoms with Crippen LogP contribution in [0.2, 0.25) is 10.6 Å². The summed E-state index contributed by atoms with van der Waals surface area (Å²) < 4.78 is 0. The van der Waals surface area contributed by atoms with Crippen LogP contribution in [0.25, 0.3) is 0 Å². The standard InChI is InChI=1S/2C2H5.Al.ClH.H2S/c2*1-2;;;/h2*1H2,2H3;;1H;1H2/q;;+1;;/p-1. The molecule has 0 saturated heterocycles. The smallest absolute Gasteiger partial charge is 0.272 e. The summed E-state index contributed by atoms with van der Waals surface area (Å²) in [5.41, 5.74) is 0. The van der Waals surface area contributed by atoms with Crippen molar-refractivity contribution in [1.82, 2.24) is 0 Å². The summed E-state index contributed by atoms with van der Waals surface area (Å²) in [6, 6.07) is 0. The predicted octanol–water partition coefficient (Wildman–Crippen LogP) is 2.37. The van der Waals surface area contributed by atoms with E-state index in [1.807, 2.05) is 0 Å². The fourth-order valence-corrected chi connectivity index (χ4v) is 0.866. The van der Waals surface area contributed by atoms with Crippen LogP contribution in [0, 0.1) is 0 Å². The highest BCUT2D eigenvalue weighted by Gasteiger charge is 2.02. The third kappa shape index (κ3) is 7.17. The van der Waals surface area contributed by atoms with E-state index >= 15 is 0 Å². The van der Waals surface area contributed by atoms with Crippen molar-refractivity contribution in [2.45, 2.75) is 24.4 Å². The molecule has 0 rings (SSSR count). The maximum atomic E-state index is 4.37. The molecule has 0 aliphatic heterocycles. The van der Waals surface area contributed by atoms with E-state index in [-0.39, 0.29) is 12.4 Å². The van der Waals surface area contributed by atoms with E-state index in [4.69, 9.17) is 0 Å². The molecule has 7 heavy (non-hydrogen) atoms. The predicted molar refractivity (Wildman–Crippen MR) is 43.0 cm³/mol. The Morgan fingerprint density at radius 3 is 1.57 bits per heavy atom. The summed E-state index contributed by atoms with van der Waals surface area (Å²) in [6.45, 7) is 4.43. The maximum absolute atomic E-state index is 4.37. The summed E-state index contributed by atoms with van der Waals surface area (Å²) in [4.78, 5) is 0. The fourth-order valence-electron chi connectivity index (χ4n) is 0.289. The second-order valence-electron chi connectivity index (χ2n) is 1.47. The Labute approximate surface area is 60.9 Å². The molecular formula is C4H12AlClS. The van der Waals surface area contributed by atoms with Gasteiger partial charge < -0.3 is 0 Å². The van der Waals surface area contributed by atoms with Crippen LogP contribution in [-0.2, 0) is 0 Å². The molecule has 0 radical (unpaired) electrons. The third-order valence-electron chi connectivity index (χ3n) is 0.942. The van der Waals surface area contributed by atoms with Gasteiger partial charge in [-0.2, -0.15) is 0 Å². The van der Waals surface area contributed by atoms with Gasteiger partial charge in [-0.1, -0.05) is 24.4 Å². The minimum Gasteiger partial charge on any atom is -0.272 e. The fraction of sp³-hybridized carbons (Fsp3) is 1.00. The van der Waals surface area contributed by atoms with E-state index in [1.165, 1.54) is 10.6 Å². The van der Waals surface area contributed by atoms with E-state index in [1.54, 1.807) is 0 Å². The third-order valence-corrected chi connectivity index (χ3v) is 5.02. The Morgan fingerprint density at radius 2 is 1.57 bits per heavy atom. The Bertz CT molecular complexity index is 30.9. The van der Waals surface area contributed by atoms with Crippen LogP contribution in [0.1, 0.15) is 13.8 Å².